The molecule has 660 valence electrons. The van der Waals surface area contributed by atoms with Crippen LogP contribution in [0.4, 0.5) is 0 Å². The highest BCUT2D eigenvalue weighted by molar-refractivity contribution is 7.47. The molecule has 19 heteroatoms. The third kappa shape index (κ3) is 85.8. The zero-order chi connectivity index (χ0) is 81.1. The summed E-state index contributed by atoms with van der Waals surface area (Å²) >= 11 is 0. The third-order valence-electron chi connectivity index (χ3n) is 21.8. The van der Waals surface area contributed by atoms with E-state index in [0.29, 0.717) is 25.7 Å². The lowest BCUT2D eigenvalue weighted by Gasteiger charge is -2.21. The van der Waals surface area contributed by atoms with Crippen LogP contribution >= 0.6 is 15.6 Å². The zero-order valence-corrected chi connectivity index (χ0v) is 74.9. The van der Waals surface area contributed by atoms with E-state index in [1.54, 1.807) is 0 Å². The number of phosphoric ester groups is 2. The fourth-order valence-electron chi connectivity index (χ4n) is 14.5. The highest BCUT2D eigenvalue weighted by Crippen LogP contribution is 2.45. The Morgan fingerprint density at radius 3 is 0.613 bits per heavy atom. The molecule has 2 unspecified atom stereocenters. The standard InChI is InChI=1S/C92H180O17P2/c1-6-9-12-15-18-21-23-25-27-29-31-33-35-37-39-44-48-52-56-61-66-71-76-90(95)103-82-88(109-92(97)78-72-67-62-57-53-49-45-40-38-36-34-32-30-28-26-24-22-19-16-13-10-7-2)84-107-111(100,101)105-80-86(93)79-104-110(98,99)106-83-87(81-102-89(94)75-70-65-60-20-17-14-11-8-3)108-91(96)77-73-68-63-58-54-50-46-42-41-43-47-51-55-59-64-69-74-85(4)5/h85-88,93H,6-84H2,1-5H3,(H,98,99)(H,100,101)/t86-,87+,88+/m0/s1. The van der Waals surface area contributed by atoms with Crippen molar-refractivity contribution < 1.29 is 80.2 Å². The first-order chi connectivity index (χ1) is 54.0. The zero-order valence-electron chi connectivity index (χ0n) is 73.1. The maximum Gasteiger partial charge on any atom is 0.472 e. The first-order valence-electron chi connectivity index (χ1n) is 47.6. The average Bonchev–Trinajstić information content (AvgIpc) is 0.900. The minimum Gasteiger partial charge on any atom is -0.462 e. The summed E-state index contributed by atoms with van der Waals surface area (Å²) < 4.78 is 69.0. The molecule has 0 radical (unpaired) electrons. The van der Waals surface area contributed by atoms with E-state index < -0.39 is 97.5 Å². The smallest absolute Gasteiger partial charge is 0.462 e. The number of rotatable bonds is 92. The minimum atomic E-state index is -4.97. The van der Waals surface area contributed by atoms with Gasteiger partial charge in [-0.1, -0.05) is 452 Å². The Morgan fingerprint density at radius 2 is 0.414 bits per heavy atom. The first kappa shape index (κ1) is 109. The van der Waals surface area contributed by atoms with Gasteiger partial charge in [0.15, 0.2) is 12.2 Å². The topological polar surface area (TPSA) is 237 Å². The maximum absolute atomic E-state index is 13.2. The predicted octanol–water partition coefficient (Wildman–Crippen LogP) is 28.7. The summed E-state index contributed by atoms with van der Waals surface area (Å²) in [4.78, 5) is 73.3. The van der Waals surface area contributed by atoms with Gasteiger partial charge in [-0.25, -0.2) is 9.13 Å². The summed E-state index contributed by atoms with van der Waals surface area (Å²) in [7, 11) is -9.93. The molecular weight excluding hydrogens is 1440 g/mol. The number of unbranched alkanes of at least 4 members (excludes halogenated alkanes) is 64. The van der Waals surface area contributed by atoms with Gasteiger partial charge in [-0.3, -0.25) is 37.3 Å². The summed E-state index contributed by atoms with van der Waals surface area (Å²) in [6.45, 7) is 7.39. The van der Waals surface area contributed by atoms with E-state index in [1.165, 1.54) is 327 Å². The van der Waals surface area contributed by atoms with Crippen molar-refractivity contribution in [2.75, 3.05) is 39.6 Å². The Balaban J connectivity index is 5.16. The van der Waals surface area contributed by atoms with Crippen molar-refractivity contribution in [2.24, 2.45) is 5.92 Å². The summed E-state index contributed by atoms with van der Waals surface area (Å²) in [6, 6.07) is 0. The molecular formula is C92H180O17P2. The monoisotopic (exact) mass is 1620 g/mol. The van der Waals surface area contributed by atoms with E-state index >= 15 is 0 Å². The van der Waals surface area contributed by atoms with Crippen LogP contribution < -0.4 is 0 Å². The van der Waals surface area contributed by atoms with Crippen molar-refractivity contribution in [3.05, 3.63) is 0 Å². The van der Waals surface area contributed by atoms with Crippen LogP contribution in [0, 0.1) is 5.92 Å². The normalized spacial score (nSPS) is 13.7. The summed E-state index contributed by atoms with van der Waals surface area (Å²) in [6.07, 6.45) is 81.0. The number of aliphatic hydroxyl groups is 1. The lowest BCUT2D eigenvalue weighted by Crippen LogP contribution is -2.30. The average molecular weight is 1620 g/mol. The number of phosphoric acid groups is 2. The predicted molar refractivity (Wildman–Crippen MR) is 460 cm³/mol. The van der Waals surface area contributed by atoms with Gasteiger partial charge in [0.2, 0.25) is 0 Å². The van der Waals surface area contributed by atoms with Crippen LogP contribution in [0.25, 0.3) is 0 Å². The molecule has 0 saturated heterocycles. The van der Waals surface area contributed by atoms with Gasteiger partial charge in [-0.15, -0.1) is 0 Å². The molecule has 0 aliphatic heterocycles. The van der Waals surface area contributed by atoms with Crippen LogP contribution in [0.2, 0.25) is 0 Å². The van der Waals surface area contributed by atoms with E-state index in [-0.39, 0.29) is 25.7 Å². The molecule has 0 heterocycles. The molecule has 0 amide bonds. The van der Waals surface area contributed by atoms with Crippen molar-refractivity contribution in [3.63, 3.8) is 0 Å². The van der Waals surface area contributed by atoms with E-state index in [2.05, 4.69) is 34.6 Å². The Hall–Kier alpha value is -1.94. The number of aliphatic hydroxyl groups excluding tert-OH is 1. The van der Waals surface area contributed by atoms with E-state index in [0.717, 1.165) is 95.8 Å². The van der Waals surface area contributed by atoms with Gasteiger partial charge in [-0.2, -0.15) is 0 Å². The minimum absolute atomic E-state index is 0.108. The number of carbonyl (C=O) groups is 4. The van der Waals surface area contributed by atoms with Crippen molar-refractivity contribution in [3.8, 4) is 0 Å². The Labute approximate surface area is 683 Å². The van der Waals surface area contributed by atoms with Crippen LogP contribution in [0.5, 0.6) is 0 Å². The Morgan fingerprint density at radius 1 is 0.243 bits per heavy atom. The van der Waals surface area contributed by atoms with Crippen LogP contribution in [-0.2, 0) is 65.4 Å². The number of esters is 4. The number of hydrogen-bond donors (Lipinski definition) is 3. The van der Waals surface area contributed by atoms with Crippen molar-refractivity contribution in [1.29, 1.82) is 0 Å². The largest absolute Gasteiger partial charge is 0.472 e. The molecule has 0 aromatic heterocycles. The van der Waals surface area contributed by atoms with Crippen LogP contribution in [0.1, 0.15) is 503 Å². The van der Waals surface area contributed by atoms with Gasteiger partial charge in [0.05, 0.1) is 26.4 Å². The third-order valence-corrected chi connectivity index (χ3v) is 23.7. The van der Waals surface area contributed by atoms with Gasteiger partial charge < -0.3 is 33.8 Å². The second-order valence-electron chi connectivity index (χ2n) is 33.5. The maximum atomic E-state index is 13.2. The van der Waals surface area contributed by atoms with Crippen LogP contribution in [-0.4, -0.2) is 96.7 Å². The first-order valence-corrected chi connectivity index (χ1v) is 50.6. The SMILES string of the molecule is CCCCCCCCCCCCCCCCCCCCCCCCC(=O)OC[C@H](COP(=O)(O)OC[C@@H](O)COP(=O)(O)OC[C@@H](COC(=O)CCCCCCCCCC)OC(=O)CCCCCCCCCCCCCCCCCCC(C)C)OC(=O)CCCCCCCCCCCCCCCCCCCCCCCC. The van der Waals surface area contributed by atoms with Gasteiger partial charge in [0.25, 0.3) is 0 Å². The van der Waals surface area contributed by atoms with Crippen molar-refractivity contribution >= 4 is 39.5 Å². The fraction of sp³-hybridized carbons (Fsp3) is 0.957. The van der Waals surface area contributed by atoms with Crippen LogP contribution in [0.3, 0.4) is 0 Å². The summed E-state index contributed by atoms with van der Waals surface area (Å²) in [5, 5.41) is 10.7. The molecule has 0 rings (SSSR count). The molecule has 0 aliphatic rings. The molecule has 111 heavy (non-hydrogen) atoms. The summed E-state index contributed by atoms with van der Waals surface area (Å²) in [5.41, 5.74) is 0. The molecule has 0 saturated carbocycles. The van der Waals surface area contributed by atoms with Gasteiger partial charge in [0, 0.05) is 25.7 Å². The molecule has 0 bridgehead atoms. The van der Waals surface area contributed by atoms with Gasteiger partial charge >= 0.3 is 39.5 Å². The number of ether oxygens (including phenoxy) is 4. The van der Waals surface area contributed by atoms with E-state index in [1.807, 2.05) is 0 Å². The molecule has 0 aromatic rings. The second kappa shape index (κ2) is 84.5. The van der Waals surface area contributed by atoms with Gasteiger partial charge in [0.1, 0.15) is 19.3 Å². The highest BCUT2D eigenvalue weighted by Gasteiger charge is 2.31. The number of hydrogen-bond acceptors (Lipinski definition) is 15. The summed E-state index contributed by atoms with van der Waals surface area (Å²) in [5.74, 6) is -1.29. The Kier molecular flexibility index (Phi) is 83.0. The quantitative estimate of drug-likeness (QED) is 0.0222. The molecule has 0 fully saturated rings. The van der Waals surface area contributed by atoms with E-state index in [9.17, 15) is 43.2 Å². The Bertz CT molecular complexity index is 2100. The molecule has 0 aliphatic carbocycles. The van der Waals surface area contributed by atoms with Crippen molar-refractivity contribution in [1.82, 2.24) is 0 Å². The molecule has 3 N–H and O–H groups in total. The molecule has 0 spiro atoms. The fourth-order valence-corrected chi connectivity index (χ4v) is 16.1. The second-order valence-corrected chi connectivity index (χ2v) is 36.4. The van der Waals surface area contributed by atoms with Gasteiger partial charge in [-0.05, 0) is 31.6 Å². The lowest BCUT2D eigenvalue weighted by molar-refractivity contribution is -0.161. The molecule has 0 aromatic carbocycles. The van der Waals surface area contributed by atoms with E-state index in [4.69, 9.17) is 37.0 Å². The highest BCUT2D eigenvalue weighted by atomic mass is 31.2. The van der Waals surface area contributed by atoms with Crippen LogP contribution in [0.15, 0.2) is 0 Å². The molecule has 17 nitrogen and oxygen atoms in total. The van der Waals surface area contributed by atoms with Crippen molar-refractivity contribution in [2.45, 2.75) is 522 Å². The lowest BCUT2D eigenvalue weighted by atomic mass is 10.0. The molecule has 5 atom stereocenters. The number of carbonyl (C=O) groups excluding carboxylic acids is 4.